The highest BCUT2D eigenvalue weighted by molar-refractivity contribution is 5.85. The van der Waals surface area contributed by atoms with E-state index in [0.717, 1.165) is 47.9 Å². The summed E-state index contributed by atoms with van der Waals surface area (Å²) in [5, 5.41) is 3.66. The van der Waals surface area contributed by atoms with Crippen molar-refractivity contribution in [2.45, 2.75) is 25.5 Å². The van der Waals surface area contributed by atoms with Crippen molar-refractivity contribution in [3.63, 3.8) is 0 Å². The van der Waals surface area contributed by atoms with Gasteiger partial charge in [-0.3, -0.25) is 0 Å². The second-order valence-electron chi connectivity index (χ2n) is 7.62. The molecule has 0 aliphatic carbocycles. The van der Waals surface area contributed by atoms with Crippen LogP contribution in [0, 0.1) is 0 Å². The van der Waals surface area contributed by atoms with Crippen molar-refractivity contribution >= 4 is 12.4 Å². The zero-order valence-electron chi connectivity index (χ0n) is 17.4. The molecule has 2 heterocycles. The lowest BCUT2D eigenvalue weighted by Crippen LogP contribution is -2.31. The molecule has 6 heteroatoms. The Morgan fingerprint density at radius 2 is 1.77 bits per heavy atom. The van der Waals surface area contributed by atoms with Gasteiger partial charge >= 0.3 is 0 Å². The number of fused-ring (bicyclic) bond motifs is 2. The molecule has 0 saturated carbocycles. The largest absolute Gasteiger partial charge is 0.493 e. The summed E-state index contributed by atoms with van der Waals surface area (Å²) in [5.41, 5.74) is 4.92. The van der Waals surface area contributed by atoms with Gasteiger partial charge < -0.3 is 24.3 Å². The van der Waals surface area contributed by atoms with Gasteiger partial charge in [-0.2, -0.15) is 0 Å². The van der Waals surface area contributed by atoms with Crippen LogP contribution in [0.4, 0.5) is 0 Å². The summed E-state index contributed by atoms with van der Waals surface area (Å²) < 4.78 is 22.8. The molecule has 0 radical (unpaired) electrons. The molecule has 1 atom stereocenters. The Kier molecular flexibility index (Phi) is 6.54. The second-order valence-corrected chi connectivity index (χ2v) is 7.62. The van der Waals surface area contributed by atoms with Gasteiger partial charge in [-0.05, 0) is 65.9 Å². The van der Waals surface area contributed by atoms with Crippen molar-refractivity contribution in [1.29, 1.82) is 0 Å². The molecule has 3 aromatic rings. The molecule has 162 valence electrons. The molecule has 3 aromatic carbocycles. The molecule has 2 aliphatic rings. The first kappa shape index (κ1) is 21.3. The quantitative estimate of drug-likeness (QED) is 0.594. The molecule has 0 fully saturated rings. The molecule has 5 nitrogen and oxygen atoms in total. The van der Waals surface area contributed by atoms with Crippen LogP contribution in [-0.2, 0) is 19.4 Å². The van der Waals surface area contributed by atoms with Gasteiger partial charge in [0.05, 0.1) is 7.11 Å². The number of halogens is 1. The normalized spacial score (nSPS) is 16.2. The Morgan fingerprint density at radius 3 is 2.61 bits per heavy atom. The first-order valence-corrected chi connectivity index (χ1v) is 10.3. The Labute approximate surface area is 188 Å². The minimum Gasteiger partial charge on any atom is -0.493 e. The zero-order chi connectivity index (χ0) is 20.3. The van der Waals surface area contributed by atoms with E-state index in [1.165, 1.54) is 16.7 Å². The minimum atomic E-state index is 0. The molecule has 0 spiro atoms. The fraction of sp³-hybridized carbons (Fsp3) is 0.280. The number of benzene rings is 3. The Balaban J connectivity index is 0.00000231. The van der Waals surface area contributed by atoms with E-state index < -0.39 is 0 Å². The van der Waals surface area contributed by atoms with E-state index in [1.54, 1.807) is 7.11 Å². The lowest BCUT2D eigenvalue weighted by Gasteiger charge is -2.28. The maximum Gasteiger partial charge on any atom is 0.231 e. The third kappa shape index (κ3) is 4.58. The minimum absolute atomic E-state index is 0. The SMILES string of the molecule is COc1cc2c(cc1OCc1ccccc1)C(Cc1ccc3c(c1)OCO3)NCC2.Cl. The molecule has 5 rings (SSSR count). The van der Waals surface area contributed by atoms with E-state index in [-0.39, 0.29) is 18.4 Å². The van der Waals surface area contributed by atoms with Gasteiger partial charge in [-0.15, -0.1) is 12.4 Å². The Hall–Kier alpha value is -2.89. The molecule has 0 amide bonds. The molecular formula is C25H26ClNO4. The second kappa shape index (κ2) is 9.50. The fourth-order valence-electron chi connectivity index (χ4n) is 4.14. The summed E-state index contributed by atoms with van der Waals surface area (Å²) in [6.07, 6.45) is 1.84. The number of methoxy groups -OCH3 is 1. The molecule has 2 aliphatic heterocycles. The van der Waals surface area contributed by atoms with Crippen LogP contribution >= 0.6 is 12.4 Å². The average Bonchev–Trinajstić information content (AvgIpc) is 3.26. The lowest BCUT2D eigenvalue weighted by molar-refractivity contribution is 0.174. The summed E-state index contributed by atoms with van der Waals surface area (Å²) >= 11 is 0. The first-order valence-electron chi connectivity index (χ1n) is 10.3. The van der Waals surface area contributed by atoms with Gasteiger partial charge in [-0.25, -0.2) is 0 Å². The van der Waals surface area contributed by atoms with Crippen molar-refractivity contribution in [1.82, 2.24) is 5.32 Å². The maximum absolute atomic E-state index is 6.15. The number of hydrogen-bond donors (Lipinski definition) is 1. The highest BCUT2D eigenvalue weighted by atomic mass is 35.5. The topological polar surface area (TPSA) is 49.0 Å². The average molecular weight is 440 g/mol. The van der Waals surface area contributed by atoms with E-state index in [0.29, 0.717) is 13.4 Å². The van der Waals surface area contributed by atoms with Crippen LogP contribution in [0.1, 0.15) is 28.3 Å². The van der Waals surface area contributed by atoms with Gasteiger partial charge in [0.1, 0.15) is 6.61 Å². The van der Waals surface area contributed by atoms with Crippen LogP contribution < -0.4 is 24.3 Å². The van der Waals surface area contributed by atoms with E-state index >= 15 is 0 Å². The van der Waals surface area contributed by atoms with Gasteiger partial charge in [-0.1, -0.05) is 36.4 Å². The monoisotopic (exact) mass is 439 g/mol. The number of nitrogens with one attached hydrogen (secondary N) is 1. The van der Waals surface area contributed by atoms with Crippen LogP contribution in [0.25, 0.3) is 0 Å². The van der Waals surface area contributed by atoms with Crippen LogP contribution in [0.5, 0.6) is 23.0 Å². The summed E-state index contributed by atoms with van der Waals surface area (Å²) in [4.78, 5) is 0. The van der Waals surface area contributed by atoms with E-state index in [2.05, 4.69) is 41.7 Å². The Morgan fingerprint density at radius 1 is 0.935 bits per heavy atom. The predicted octanol–water partition coefficient (Wildman–Crippen LogP) is 4.85. The van der Waals surface area contributed by atoms with Crippen molar-refractivity contribution in [3.8, 4) is 23.0 Å². The van der Waals surface area contributed by atoms with Crippen LogP contribution in [-0.4, -0.2) is 20.4 Å². The van der Waals surface area contributed by atoms with Crippen molar-refractivity contribution < 1.29 is 18.9 Å². The van der Waals surface area contributed by atoms with Crippen LogP contribution in [0.15, 0.2) is 60.7 Å². The van der Waals surface area contributed by atoms with Gasteiger partial charge in [0, 0.05) is 6.04 Å². The predicted molar refractivity (Wildman–Crippen MR) is 122 cm³/mol. The highest BCUT2D eigenvalue weighted by Gasteiger charge is 2.24. The number of hydrogen-bond acceptors (Lipinski definition) is 5. The first-order chi connectivity index (χ1) is 14.8. The van der Waals surface area contributed by atoms with Gasteiger partial charge in [0.2, 0.25) is 6.79 Å². The summed E-state index contributed by atoms with van der Waals surface area (Å²) in [6.45, 7) is 1.75. The van der Waals surface area contributed by atoms with Gasteiger partial charge in [0.15, 0.2) is 23.0 Å². The van der Waals surface area contributed by atoms with E-state index in [1.807, 2.05) is 24.3 Å². The molecule has 1 unspecified atom stereocenters. The standard InChI is InChI=1S/C25H25NO4.ClH/c1-27-23-13-19-9-10-26-21(11-18-7-8-22-24(12-18)30-16-29-22)20(19)14-25(23)28-15-17-5-3-2-4-6-17;/h2-8,12-14,21,26H,9-11,15-16H2,1H3;1H. The molecule has 0 bridgehead atoms. The van der Waals surface area contributed by atoms with Crippen LogP contribution in [0.2, 0.25) is 0 Å². The van der Waals surface area contributed by atoms with Crippen LogP contribution in [0.3, 0.4) is 0 Å². The summed E-state index contributed by atoms with van der Waals surface area (Å²) in [7, 11) is 1.70. The van der Waals surface area contributed by atoms with E-state index in [4.69, 9.17) is 18.9 Å². The van der Waals surface area contributed by atoms with Crippen molar-refractivity contribution in [3.05, 3.63) is 82.9 Å². The van der Waals surface area contributed by atoms with Crippen molar-refractivity contribution in [2.24, 2.45) is 0 Å². The highest BCUT2D eigenvalue weighted by Crippen LogP contribution is 2.38. The summed E-state index contributed by atoms with van der Waals surface area (Å²) in [5.74, 6) is 3.20. The van der Waals surface area contributed by atoms with Gasteiger partial charge in [0.25, 0.3) is 0 Å². The summed E-state index contributed by atoms with van der Waals surface area (Å²) in [6, 6.07) is 20.8. The maximum atomic E-state index is 6.15. The zero-order valence-corrected chi connectivity index (χ0v) is 18.2. The lowest BCUT2D eigenvalue weighted by atomic mass is 9.89. The molecule has 0 saturated heterocycles. The molecule has 31 heavy (non-hydrogen) atoms. The molecular weight excluding hydrogens is 414 g/mol. The third-order valence-electron chi connectivity index (χ3n) is 5.70. The number of rotatable bonds is 6. The third-order valence-corrected chi connectivity index (χ3v) is 5.70. The van der Waals surface area contributed by atoms with E-state index in [9.17, 15) is 0 Å². The molecule has 1 N–H and O–H groups in total. The van der Waals surface area contributed by atoms with Crippen molar-refractivity contribution in [2.75, 3.05) is 20.4 Å². The Bertz CT molecular complexity index is 1040. The molecule has 0 aromatic heterocycles. The smallest absolute Gasteiger partial charge is 0.231 e. The number of ether oxygens (including phenoxy) is 4. The fourth-order valence-corrected chi connectivity index (χ4v) is 4.14.